The molecule has 2 aliphatic rings. The molecule has 0 spiro atoms. The van der Waals surface area contributed by atoms with Crippen molar-refractivity contribution in [3.63, 3.8) is 0 Å². The van der Waals surface area contributed by atoms with E-state index in [2.05, 4.69) is 43.4 Å². The standard InChI is InChI=1S/C15H21N/c1-15(2)10-9-11-5-3-4-6-13(11)14(15)16-12-7-8-12/h3-6,12,14,16H,7-10H2,1-2H3. The maximum absolute atomic E-state index is 3.84. The molecule has 0 radical (unpaired) electrons. The van der Waals surface area contributed by atoms with Crippen LogP contribution in [0, 0.1) is 5.41 Å². The van der Waals surface area contributed by atoms with Gasteiger partial charge in [0.1, 0.15) is 0 Å². The Bertz CT molecular complexity index is 390. The van der Waals surface area contributed by atoms with Gasteiger partial charge < -0.3 is 5.32 Å². The third-order valence-electron chi connectivity index (χ3n) is 4.17. The molecule has 1 saturated carbocycles. The summed E-state index contributed by atoms with van der Waals surface area (Å²) in [7, 11) is 0. The minimum Gasteiger partial charge on any atom is -0.307 e. The predicted octanol–water partition coefficient (Wildman–Crippen LogP) is 3.45. The lowest BCUT2D eigenvalue weighted by molar-refractivity contribution is 0.207. The van der Waals surface area contributed by atoms with E-state index < -0.39 is 0 Å². The summed E-state index contributed by atoms with van der Waals surface area (Å²) in [6.07, 6.45) is 5.28. The van der Waals surface area contributed by atoms with Crippen molar-refractivity contribution in [3.8, 4) is 0 Å². The van der Waals surface area contributed by atoms with Gasteiger partial charge in [0.2, 0.25) is 0 Å². The molecule has 16 heavy (non-hydrogen) atoms. The zero-order valence-corrected chi connectivity index (χ0v) is 10.3. The van der Waals surface area contributed by atoms with Gasteiger partial charge in [-0.05, 0) is 42.2 Å². The highest BCUT2D eigenvalue weighted by Gasteiger charge is 2.38. The van der Waals surface area contributed by atoms with E-state index in [0.717, 1.165) is 6.04 Å². The van der Waals surface area contributed by atoms with Crippen molar-refractivity contribution in [2.45, 2.75) is 51.6 Å². The lowest BCUT2D eigenvalue weighted by Gasteiger charge is -2.41. The van der Waals surface area contributed by atoms with Gasteiger partial charge in [0, 0.05) is 12.1 Å². The highest BCUT2D eigenvalue weighted by Crippen LogP contribution is 2.44. The number of rotatable bonds is 2. The number of aryl methyl sites for hydroxylation is 1. The van der Waals surface area contributed by atoms with Crippen LogP contribution in [0.5, 0.6) is 0 Å². The molecule has 1 fully saturated rings. The van der Waals surface area contributed by atoms with E-state index in [0.29, 0.717) is 11.5 Å². The molecule has 1 atom stereocenters. The summed E-state index contributed by atoms with van der Waals surface area (Å²) in [6, 6.07) is 10.3. The summed E-state index contributed by atoms with van der Waals surface area (Å²) in [5.74, 6) is 0. The molecule has 1 aromatic rings. The Morgan fingerprint density at radius 2 is 1.94 bits per heavy atom. The maximum Gasteiger partial charge on any atom is 0.0376 e. The molecule has 86 valence electrons. The molecule has 0 heterocycles. The van der Waals surface area contributed by atoms with Gasteiger partial charge in [-0.1, -0.05) is 38.1 Å². The summed E-state index contributed by atoms with van der Waals surface area (Å²) >= 11 is 0. The molecule has 2 aliphatic carbocycles. The first kappa shape index (κ1) is 10.3. The minimum atomic E-state index is 0.400. The summed E-state index contributed by atoms with van der Waals surface area (Å²) in [6.45, 7) is 4.81. The van der Waals surface area contributed by atoms with Gasteiger partial charge in [-0.2, -0.15) is 0 Å². The summed E-state index contributed by atoms with van der Waals surface area (Å²) in [4.78, 5) is 0. The fourth-order valence-electron chi connectivity index (χ4n) is 2.87. The van der Waals surface area contributed by atoms with E-state index >= 15 is 0 Å². The lowest BCUT2D eigenvalue weighted by atomic mass is 9.70. The van der Waals surface area contributed by atoms with E-state index in [1.54, 1.807) is 11.1 Å². The van der Waals surface area contributed by atoms with Crippen LogP contribution in [0.2, 0.25) is 0 Å². The molecular formula is C15H21N. The van der Waals surface area contributed by atoms with E-state index in [-0.39, 0.29) is 0 Å². The minimum absolute atomic E-state index is 0.400. The third kappa shape index (κ3) is 1.78. The first-order valence-electron chi connectivity index (χ1n) is 6.51. The first-order chi connectivity index (χ1) is 7.67. The van der Waals surface area contributed by atoms with Crippen molar-refractivity contribution in [3.05, 3.63) is 35.4 Å². The monoisotopic (exact) mass is 215 g/mol. The Hall–Kier alpha value is -0.820. The van der Waals surface area contributed by atoms with Gasteiger partial charge in [0.25, 0.3) is 0 Å². The van der Waals surface area contributed by atoms with Crippen molar-refractivity contribution in [2.24, 2.45) is 5.41 Å². The molecule has 1 nitrogen and oxygen atoms in total. The Kier molecular flexibility index (Phi) is 2.32. The van der Waals surface area contributed by atoms with Gasteiger partial charge in [-0.3, -0.25) is 0 Å². The highest BCUT2D eigenvalue weighted by molar-refractivity contribution is 5.34. The topological polar surface area (TPSA) is 12.0 Å². The van der Waals surface area contributed by atoms with Crippen LogP contribution in [0.1, 0.15) is 50.3 Å². The van der Waals surface area contributed by atoms with Gasteiger partial charge in [0.15, 0.2) is 0 Å². The number of hydrogen-bond acceptors (Lipinski definition) is 1. The van der Waals surface area contributed by atoms with Gasteiger partial charge in [-0.25, -0.2) is 0 Å². The van der Waals surface area contributed by atoms with Crippen molar-refractivity contribution in [1.82, 2.24) is 5.32 Å². The molecule has 1 N–H and O–H groups in total. The second-order valence-electron chi connectivity index (χ2n) is 6.06. The van der Waals surface area contributed by atoms with E-state index in [4.69, 9.17) is 0 Å². The second-order valence-corrected chi connectivity index (χ2v) is 6.06. The number of nitrogens with one attached hydrogen (secondary N) is 1. The van der Waals surface area contributed by atoms with Gasteiger partial charge in [-0.15, -0.1) is 0 Å². The molecule has 0 amide bonds. The largest absolute Gasteiger partial charge is 0.307 e. The van der Waals surface area contributed by atoms with Crippen LogP contribution < -0.4 is 5.32 Å². The molecule has 0 aliphatic heterocycles. The average molecular weight is 215 g/mol. The second kappa shape index (κ2) is 3.59. The molecule has 3 rings (SSSR count). The van der Waals surface area contributed by atoms with Gasteiger partial charge >= 0.3 is 0 Å². The predicted molar refractivity (Wildman–Crippen MR) is 67.4 cm³/mol. The first-order valence-corrected chi connectivity index (χ1v) is 6.51. The SMILES string of the molecule is CC1(C)CCc2ccccc2C1NC1CC1. The van der Waals surface area contributed by atoms with Crippen molar-refractivity contribution in [1.29, 1.82) is 0 Å². The number of benzene rings is 1. The molecule has 1 heteroatoms. The summed E-state index contributed by atoms with van der Waals surface area (Å²) in [5.41, 5.74) is 3.50. The highest BCUT2D eigenvalue weighted by atomic mass is 15.0. The summed E-state index contributed by atoms with van der Waals surface area (Å²) < 4.78 is 0. The van der Waals surface area contributed by atoms with Crippen molar-refractivity contribution < 1.29 is 0 Å². The fourth-order valence-corrected chi connectivity index (χ4v) is 2.87. The van der Waals surface area contributed by atoms with Gasteiger partial charge in [0.05, 0.1) is 0 Å². The summed E-state index contributed by atoms with van der Waals surface area (Å²) in [5, 5.41) is 3.84. The Morgan fingerprint density at radius 3 is 2.69 bits per heavy atom. The normalized spacial score (nSPS) is 27.5. The van der Waals surface area contributed by atoms with E-state index in [1.165, 1.54) is 25.7 Å². The van der Waals surface area contributed by atoms with Crippen LogP contribution in [-0.4, -0.2) is 6.04 Å². The van der Waals surface area contributed by atoms with Crippen LogP contribution in [0.4, 0.5) is 0 Å². The molecule has 1 aromatic carbocycles. The lowest BCUT2D eigenvalue weighted by Crippen LogP contribution is -2.39. The maximum atomic E-state index is 3.84. The molecule has 1 unspecified atom stereocenters. The molecule has 0 aromatic heterocycles. The quantitative estimate of drug-likeness (QED) is 0.796. The van der Waals surface area contributed by atoms with Crippen LogP contribution >= 0.6 is 0 Å². The molecule has 0 saturated heterocycles. The zero-order valence-electron chi connectivity index (χ0n) is 10.3. The van der Waals surface area contributed by atoms with Crippen LogP contribution in [-0.2, 0) is 6.42 Å². The Morgan fingerprint density at radius 1 is 1.19 bits per heavy atom. The third-order valence-corrected chi connectivity index (χ3v) is 4.17. The zero-order chi connectivity index (χ0) is 11.2. The van der Waals surface area contributed by atoms with E-state index in [1.807, 2.05) is 0 Å². The Balaban J connectivity index is 1.96. The number of hydrogen-bond donors (Lipinski definition) is 1. The number of fused-ring (bicyclic) bond motifs is 1. The smallest absolute Gasteiger partial charge is 0.0376 e. The van der Waals surface area contributed by atoms with Crippen molar-refractivity contribution in [2.75, 3.05) is 0 Å². The van der Waals surface area contributed by atoms with Crippen LogP contribution in [0.15, 0.2) is 24.3 Å². The van der Waals surface area contributed by atoms with Crippen LogP contribution in [0.3, 0.4) is 0 Å². The Labute approximate surface area is 98.3 Å². The molecular weight excluding hydrogens is 194 g/mol. The fraction of sp³-hybridized carbons (Fsp3) is 0.600. The molecule has 0 bridgehead atoms. The van der Waals surface area contributed by atoms with Crippen molar-refractivity contribution >= 4 is 0 Å². The average Bonchev–Trinajstić information content (AvgIpc) is 3.06. The van der Waals surface area contributed by atoms with Crippen LogP contribution in [0.25, 0.3) is 0 Å². The van der Waals surface area contributed by atoms with E-state index in [9.17, 15) is 0 Å².